The summed E-state index contributed by atoms with van der Waals surface area (Å²) in [7, 11) is -3.29. The third-order valence-corrected chi connectivity index (χ3v) is 2.69. The molecule has 1 rings (SSSR count). The fourth-order valence-electron chi connectivity index (χ4n) is 0.535. The molecule has 0 saturated heterocycles. The van der Waals surface area contributed by atoms with Crippen LogP contribution in [0.4, 0.5) is 5.95 Å². The molecule has 0 radical (unpaired) electrons. The standard InChI is InChI=1S/C4H8N4O2S/c1-2-11(9,10)4-6-3(5)7-8-4/h2H2,1H3,(H3,5,6,7,8). The molecule has 0 aliphatic rings. The maximum atomic E-state index is 11.0. The molecule has 1 aromatic rings. The minimum Gasteiger partial charge on any atom is -0.366 e. The number of sulfone groups is 1. The van der Waals surface area contributed by atoms with Gasteiger partial charge in [-0.3, -0.25) is 0 Å². The van der Waals surface area contributed by atoms with Crippen molar-refractivity contribution >= 4 is 15.8 Å². The van der Waals surface area contributed by atoms with Gasteiger partial charge in [-0.2, -0.15) is 4.98 Å². The van der Waals surface area contributed by atoms with Gasteiger partial charge in [-0.25, -0.2) is 13.5 Å². The highest BCUT2D eigenvalue weighted by Gasteiger charge is 2.15. The molecule has 0 saturated carbocycles. The number of nitrogens with two attached hydrogens (primary N) is 1. The number of H-pyrrole nitrogens is 1. The van der Waals surface area contributed by atoms with E-state index in [-0.39, 0.29) is 16.9 Å². The lowest BCUT2D eigenvalue weighted by atomic mass is 11.0. The Morgan fingerprint density at radius 1 is 1.64 bits per heavy atom. The SMILES string of the molecule is CCS(=O)(=O)c1nc(N)n[nH]1. The highest BCUT2D eigenvalue weighted by Crippen LogP contribution is 2.03. The Hall–Kier alpha value is -1.11. The van der Waals surface area contributed by atoms with Gasteiger partial charge in [-0.05, 0) is 0 Å². The molecule has 0 aliphatic carbocycles. The Morgan fingerprint density at radius 2 is 2.27 bits per heavy atom. The van der Waals surface area contributed by atoms with E-state index >= 15 is 0 Å². The van der Waals surface area contributed by atoms with Gasteiger partial charge < -0.3 is 5.73 Å². The van der Waals surface area contributed by atoms with Gasteiger partial charge >= 0.3 is 0 Å². The lowest BCUT2D eigenvalue weighted by Gasteiger charge is -1.91. The molecule has 0 aromatic carbocycles. The van der Waals surface area contributed by atoms with Crippen molar-refractivity contribution in [2.75, 3.05) is 11.5 Å². The van der Waals surface area contributed by atoms with E-state index in [1.165, 1.54) is 6.92 Å². The van der Waals surface area contributed by atoms with E-state index in [1.807, 2.05) is 0 Å². The van der Waals surface area contributed by atoms with E-state index in [0.29, 0.717) is 0 Å². The predicted octanol–water partition coefficient (Wildman–Crippen LogP) is -0.819. The lowest BCUT2D eigenvalue weighted by Crippen LogP contribution is -2.05. The Balaban J connectivity index is 3.13. The number of nitrogens with zero attached hydrogens (tertiary/aromatic N) is 2. The first-order valence-corrected chi connectivity index (χ1v) is 4.62. The fourth-order valence-corrected chi connectivity index (χ4v) is 1.23. The third-order valence-electron chi connectivity index (χ3n) is 1.16. The number of anilines is 1. The van der Waals surface area contributed by atoms with Gasteiger partial charge in [0.1, 0.15) is 0 Å². The highest BCUT2D eigenvalue weighted by atomic mass is 32.2. The molecule has 3 N–H and O–H groups in total. The molecule has 0 unspecified atom stereocenters. The summed E-state index contributed by atoms with van der Waals surface area (Å²) in [6, 6.07) is 0. The maximum Gasteiger partial charge on any atom is 0.244 e. The minimum atomic E-state index is -3.29. The Morgan fingerprint density at radius 3 is 2.64 bits per heavy atom. The summed E-state index contributed by atoms with van der Waals surface area (Å²) in [5.41, 5.74) is 5.11. The molecule has 11 heavy (non-hydrogen) atoms. The van der Waals surface area contributed by atoms with Gasteiger partial charge in [0.25, 0.3) is 0 Å². The molecule has 0 spiro atoms. The number of aromatic amines is 1. The van der Waals surface area contributed by atoms with Crippen LogP contribution in [0.5, 0.6) is 0 Å². The monoisotopic (exact) mass is 176 g/mol. The lowest BCUT2D eigenvalue weighted by molar-refractivity contribution is 0.589. The number of hydrogen-bond acceptors (Lipinski definition) is 5. The quantitative estimate of drug-likeness (QED) is 0.613. The Bertz CT molecular complexity index is 341. The summed E-state index contributed by atoms with van der Waals surface area (Å²) < 4.78 is 22.0. The molecule has 0 aliphatic heterocycles. The number of aromatic nitrogens is 3. The second-order valence-corrected chi connectivity index (χ2v) is 4.10. The Kier molecular flexibility index (Phi) is 1.81. The zero-order valence-electron chi connectivity index (χ0n) is 5.90. The van der Waals surface area contributed by atoms with Crippen molar-refractivity contribution in [3.8, 4) is 0 Å². The summed E-state index contributed by atoms with van der Waals surface area (Å²) in [5, 5.41) is 5.45. The van der Waals surface area contributed by atoms with Crippen molar-refractivity contribution in [3.05, 3.63) is 0 Å². The molecule has 1 aromatic heterocycles. The Labute approximate surface area is 63.7 Å². The van der Waals surface area contributed by atoms with Crippen molar-refractivity contribution in [2.24, 2.45) is 0 Å². The van der Waals surface area contributed by atoms with Crippen LogP contribution in [0.2, 0.25) is 0 Å². The van der Waals surface area contributed by atoms with E-state index in [4.69, 9.17) is 5.73 Å². The molecular weight excluding hydrogens is 168 g/mol. The number of nitrogens with one attached hydrogen (secondary N) is 1. The third kappa shape index (κ3) is 1.48. The average molecular weight is 176 g/mol. The zero-order valence-corrected chi connectivity index (χ0v) is 6.72. The van der Waals surface area contributed by atoms with Crippen molar-refractivity contribution in [2.45, 2.75) is 12.1 Å². The van der Waals surface area contributed by atoms with Crippen LogP contribution >= 0.6 is 0 Å². The summed E-state index contributed by atoms with van der Waals surface area (Å²) in [6.45, 7) is 1.52. The van der Waals surface area contributed by atoms with Crippen molar-refractivity contribution in [3.63, 3.8) is 0 Å². The van der Waals surface area contributed by atoms with Crippen molar-refractivity contribution in [1.82, 2.24) is 15.2 Å². The van der Waals surface area contributed by atoms with E-state index < -0.39 is 9.84 Å². The summed E-state index contributed by atoms with van der Waals surface area (Å²) >= 11 is 0. The van der Waals surface area contributed by atoms with Crippen LogP contribution in [-0.4, -0.2) is 29.4 Å². The highest BCUT2D eigenvalue weighted by molar-refractivity contribution is 7.91. The second kappa shape index (κ2) is 2.50. The van der Waals surface area contributed by atoms with Crippen LogP contribution in [0.25, 0.3) is 0 Å². The summed E-state index contributed by atoms with van der Waals surface area (Å²) in [6.07, 6.45) is 0. The van der Waals surface area contributed by atoms with Crippen LogP contribution < -0.4 is 5.73 Å². The van der Waals surface area contributed by atoms with Crippen LogP contribution in [0, 0.1) is 0 Å². The second-order valence-electron chi connectivity index (χ2n) is 1.90. The predicted molar refractivity (Wildman–Crippen MR) is 38.5 cm³/mol. The molecule has 1 heterocycles. The topological polar surface area (TPSA) is 102 Å². The molecule has 0 amide bonds. The molecule has 0 atom stereocenters. The van der Waals surface area contributed by atoms with Crippen LogP contribution in [-0.2, 0) is 9.84 Å². The average Bonchev–Trinajstić information content (AvgIpc) is 2.36. The number of rotatable bonds is 2. The van der Waals surface area contributed by atoms with E-state index in [2.05, 4.69) is 15.2 Å². The normalized spacial score (nSPS) is 11.7. The molecule has 0 fully saturated rings. The van der Waals surface area contributed by atoms with Crippen molar-refractivity contribution in [1.29, 1.82) is 0 Å². The number of hydrogen-bond donors (Lipinski definition) is 2. The largest absolute Gasteiger partial charge is 0.366 e. The van der Waals surface area contributed by atoms with Gasteiger partial charge in [-0.15, -0.1) is 5.10 Å². The molecule has 62 valence electrons. The first-order chi connectivity index (χ1) is 5.06. The smallest absolute Gasteiger partial charge is 0.244 e. The molecule has 0 bridgehead atoms. The number of nitrogen functional groups attached to an aromatic ring is 1. The first kappa shape index (κ1) is 7.99. The summed E-state index contributed by atoms with van der Waals surface area (Å²) in [4.78, 5) is 3.48. The molecular formula is C4H8N4O2S. The van der Waals surface area contributed by atoms with Gasteiger partial charge in [0.15, 0.2) is 0 Å². The van der Waals surface area contributed by atoms with Crippen LogP contribution in [0.1, 0.15) is 6.92 Å². The van der Waals surface area contributed by atoms with Crippen molar-refractivity contribution < 1.29 is 8.42 Å². The van der Waals surface area contributed by atoms with Crippen LogP contribution in [0.3, 0.4) is 0 Å². The van der Waals surface area contributed by atoms with Gasteiger partial charge in [0, 0.05) is 0 Å². The van der Waals surface area contributed by atoms with Gasteiger partial charge in [-0.1, -0.05) is 6.92 Å². The summed E-state index contributed by atoms with van der Waals surface area (Å²) in [5.74, 6) is -0.0706. The molecule has 7 heteroatoms. The maximum absolute atomic E-state index is 11.0. The van der Waals surface area contributed by atoms with Gasteiger partial charge in [0.05, 0.1) is 5.75 Å². The fraction of sp³-hybridized carbons (Fsp3) is 0.500. The first-order valence-electron chi connectivity index (χ1n) is 2.97. The van der Waals surface area contributed by atoms with E-state index in [9.17, 15) is 8.42 Å². The van der Waals surface area contributed by atoms with Crippen LogP contribution in [0.15, 0.2) is 5.16 Å². The van der Waals surface area contributed by atoms with E-state index in [1.54, 1.807) is 0 Å². The van der Waals surface area contributed by atoms with Gasteiger partial charge in [0.2, 0.25) is 20.9 Å². The minimum absolute atomic E-state index is 0.0123. The zero-order chi connectivity index (χ0) is 8.48. The van der Waals surface area contributed by atoms with E-state index in [0.717, 1.165) is 0 Å². The molecule has 6 nitrogen and oxygen atoms in total.